The molecule has 3 nitrogen and oxygen atoms in total. The molecule has 2 aliphatic rings. The van der Waals surface area contributed by atoms with Crippen LogP contribution in [0.15, 0.2) is 4.99 Å². The van der Waals surface area contributed by atoms with Crippen LogP contribution < -0.4 is 5.32 Å². The molecule has 3 atom stereocenters. The topological polar surface area (TPSA) is 41.5 Å². The number of carbonyl (C=O) groups is 1. The predicted molar refractivity (Wildman–Crippen MR) is 65.3 cm³/mol. The molecule has 1 heterocycles. The Bertz CT molecular complexity index is 309. The van der Waals surface area contributed by atoms with Crippen LogP contribution >= 0.6 is 0 Å². The molecule has 3 unspecified atom stereocenters. The summed E-state index contributed by atoms with van der Waals surface area (Å²) in [5.74, 6) is 2.64. The third-order valence-electron chi connectivity index (χ3n) is 3.75. The van der Waals surface area contributed by atoms with Crippen molar-refractivity contribution in [3.63, 3.8) is 0 Å². The second-order valence-corrected chi connectivity index (χ2v) is 5.66. The molecule has 1 N–H and O–H groups in total. The standard InChI is InChI=1S/C13H22N2O/c1-8(2)11-13(16)15-12(14-11)10-6-4-5-9(3)7-10/h8-11H,4-7H2,1-3H3,(H,14,15,16). The monoisotopic (exact) mass is 222 g/mol. The molecule has 1 aliphatic carbocycles. The van der Waals surface area contributed by atoms with Gasteiger partial charge in [0.1, 0.15) is 11.9 Å². The molecule has 3 heteroatoms. The fourth-order valence-corrected chi connectivity index (χ4v) is 2.78. The van der Waals surface area contributed by atoms with Crippen LogP contribution in [0.5, 0.6) is 0 Å². The third-order valence-corrected chi connectivity index (χ3v) is 3.75. The number of amides is 1. The summed E-state index contributed by atoms with van der Waals surface area (Å²) in [6.45, 7) is 6.41. The van der Waals surface area contributed by atoms with Crippen LogP contribution in [0.25, 0.3) is 0 Å². The summed E-state index contributed by atoms with van der Waals surface area (Å²) in [7, 11) is 0. The number of nitrogens with one attached hydrogen (secondary N) is 1. The van der Waals surface area contributed by atoms with Crippen LogP contribution in [0, 0.1) is 17.8 Å². The molecule has 1 saturated carbocycles. The maximum atomic E-state index is 11.7. The minimum absolute atomic E-state index is 0.100. The lowest BCUT2D eigenvalue weighted by Gasteiger charge is -2.26. The largest absolute Gasteiger partial charge is 0.312 e. The van der Waals surface area contributed by atoms with E-state index in [0.717, 1.165) is 11.8 Å². The lowest BCUT2D eigenvalue weighted by atomic mass is 9.82. The number of nitrogens with zero attached hydrogens (tertiary/aromatic N) is 1. The van der Waals surface area contributed by atoms with E-state index >= 15 is 0 Å². The molecule has 16 heavy (non-hydrogen) atoms. The SMILES string of the molecule is CC1CCCC(C2=NC(C(C)C)C(=O)N2)C1. The highest BCUT2D eigenvalue weighted by Crippen LogP contribution is 2.30. The van der Waals surface area contributed by atoms with Crippen LogP contribution in [0.4, 0.5) is 0 Å². The zero-order chi connectivity index (χ0) is 11.7. The molecule has 0 aromatic heterocycles. The molecule has 0 aromatic carbocycles. The predicted octanol–water partition coefficient (Wildman–Crippen LogP) is 2.37. The van der Waals surface area contributed by atoms with Gasteiger partial charge in [-0.2, -0.15) is 0 Å². The van der Waals surface area contributed by atoms with E-state index in [2.05, 4.69) is 31.1 Å². The smallest absolute Gasteiger partial charge is 0.250 e. The van der Waals surface area contributed by atoms with Crippen molar-refractivity contribution in [1.82, 2.24) is 5.32 Å². The Labute approximate surface area is 97.7 Å². The molecular weight excluding hydrogens is 200 g/mol. The second kappa shape index (κ2) is 4.56. The van der Waals surface area contributed by atoms with E-state index in [4.69, 9.17) is 0 Å². The fraction of sp³-hybridized carbons (Fsp3) is 0.846. The van der Waals surface area contributed by atoms with Gasteiger partial charge in [0, 0.05) is 5.92 Å². The number of amidine groups is 1. The van der Waals surface area contributed by atoms with Gasteiger partial charge in [0.25, 0.3) is 0 Å². The highest BCUT2D eigenvalue weighted by Gasteiger charge is 2.33. The van der Waals surface area contributed by atoms with E-state index in [1.165, 1.54) is 25.7 Å². The van der Waals surface area contributed by atoms with Crippen LogP contribution in [-0.4, -0.2) is 17.8 Å². The van der Waals surface area contributed by atoms with Crippen LogP contribution in [0.1, 0.15) is 46.5 Å². The molecule has 0 bridgehead atoms. The number of aliphatic imine (C=N–C) groups is 1. The Hall–Kier alpha value is -0.860. The molecule has 1 amide bonds. The van der Waals surface area contributed by atoms with Crippen LogP contribution in [-0.2, 0) is 4.79 Å². The van der Waals surface area contributed by atoms with Gasteiger partial charge in [-0.15, -0.1) is 0 Å². The molecule has 0 saturated heterocycles. The minimum atomic E-state index is -0.146. The lowest BCUT2D eigenvalue weighted by molar-refractivity contribution is -0.120. The van der Waals surface area contributed by atoms with Crippen molar-refractivity contribution in [3.05, 3.63) is 0 Å². The van der Waals surface area contributed by atoms with E-state index in [9.17, 15) is 4.79 Å². The molecule has 2 rings (SSSR count). The first-order valence-electron chi connectivity index (χ1n) is 6.46. The summed E-state index contributed by atoms with van der Waals surface area (Å²) in [6.07, 6.45) is 4.97. The summed E-state index contributed by atoms with van der Waals surface area (Å²) in [5.41, 5.74) is 0. The van der Waals surface area contributed by atoms with Gasteiger partial charge in [-0.3, -0.25) is 9.79 Å². The van der Waals surface area contributed by atoms with Crippen molar-refractivity contribution >= 4 is 11.7 Å². The number of carbonyl (C=O) groups excluding carboxylic acids is 1. The van der Waals surface area contributed by atoms with Crippen molar-refractivity contribution in [2.45, 2.75) is 52.5 Å². The van der Waals surface area contributed by atoms with Crippen molar-refractivity contribution in [1.29, 1.82) is 0 Å². The van der Waals surface area contributed by atoms with Gasteiger partial charge < -0.3 is 5.32 Å². The average Bonchev–Trinajstić information content (AvgIpc) is 2.60. The first-order valence-corrected chi connectivity index (χ1v) is 6.46. The van der Waals surface area contributed by atoms with Crippen molar-refractivity contribution in [2.75, 3.05) is 0 Å². The summed E-state index contributed by atoms with van der Waals surface area (Å²) in [5, 5.41) is 2.99. The van der Waals surface area contributed by atoms with E-state index in [0.29, 0.717) is 11.8 Å². The molecule has 0 aromatic rings. The van der Waals surface area contributed by atoms with Gasteiger partial charge in [-0.25, -0.2) is 0 Å². The maximum Gasteiger partial charge on any atom is 0.250 e. The minimum Gasteiger partial charge on any atom is -0.312 e. The van der Waals surface area contributed by atoms with Crippen molar-refractivity contribution < 1.29 is 4.79 Å². The molecule has 0 radical (unpaired) electrons. The zero-order valence-electron chi connectivity index (χ0n) is 10.5. The maximum absolute atomic E-state index is 11.7. The first-order chi connectivity index (χ1) is 7.58. The highest BCUT2D eigenvalue weighted by molar-refractivity contribution is 6.06. The first kappa shape index (κ1) is 11.6. The molecule has 1 aliphatic heterocycles. The Balaban J connectivity index is 2.05. The van der Waals surface area contributed by atoms with Gasteiger partial charge >= 0.3 is 0 Å². The normalized spacial score (nSPS) is 35.1. The van der Waals surface area contributed by atoms with E-state index in [1.807, 2.05) is 0 Å². The van der Waals surface area contributed by atoms with Crippen LogP contribution in [0.3, 0.4) is 0 Å². The summed E-state index contributed by atoms with van der Waals surface area (Å²) < 4.78 is 0. The van der Waals surface area contributed by atoms with Crippen molar-refractivity contribution in [2.24, 2.45) is 22.7 Å². The van der Waals surface area contributed by atoms with Gasteiger partial charge in [-0.05, 0) is 24.7 Å². The molecule has 1 fully saturated rings. The lowest BCUT2D eigenvalue weighted by Crippen LogP contribution is -2.35. The average molecular weight is 222 g/mol. The number of hydrogen-bond acceptors (Lipinski definition) is 2. The summed E-state index contributed by atoms with van der Waals surface area (Å²) in [4.78, 5) is 16.3. The van der Waals surface area contributed by atoms with Gasteiger partial charge in [-0.1, -0.05) is 33.6 Å². The molecule has 90 valence electrons. The van der Waals surface area contributed by atoms with E-state index < -0.39 is 0 Å². The second-order valence-electron chi connectivity index (χ2n) is 5.66. The van der Waals surface area contributed by atoms with Gasteiger partial charge in [0.2, 0.25) is 5.91 Å². The van der Waals surface area contributed by atoms with Gasteiger partial charge in [0.15, 0.2) is 0 Å². The fourth-order valence-electron chi connectivity index (χ4n) is 2.78. The Morgan fingerprint density at radius 2 is 2.12 bits per heavy atom. The zero-order valence-corrected chi connectivity index (χ0v) is 10.5. The number of hydrogen-bond donors (Lipinski definition) is 1. The molecule has 0 spiro atoms. The summed E-state index contributed by atoms with van der Waals surface area (Å²) in [6, 6.07) is -0.146. The number of rotatable bonds is 2. The quantitative estimate of drug-likeness (QED) is 0.765. The van der Waals surface area contributed by atoms with Crippen LogP contribution in [0.2, 0.25) is 0 Å². The Morgan fingerprint density at radius 1 is 1.38 bits per heavy atom. The van der Waals surface area contributed by atoms with Crippen molar-refractivity contribution in [3.8, 4) is 0 Å². The Kier molecular flexibility index (Phi) is 3.31. The summed E-state index contributed by atoms with van der Waals surface area (Å²) >= 11 is 0. The van der Waals surface area contributed by atoms with E-state index in [-0.39, 0.29) is 11.9 Å². The van der Waals surface area contributed by atoms with E-state index in [1.54, 1.807) is 0 Å². The van der Waals surface area contributed by atoms with Gasteiger partial charge in [0.05, 0.1) is 0 Å². The third kappa shape index (κ3) is 2.28. The molecular formula is C13H22N2O. The highest BCUT2D eigenvalue weighted by atomic mass is 16.2. The Morgan fingerprint density at radius 3 is 2.69 bits per heavy atom.